The molecule has 0 fully saturated rings. The molecule has 1 N–H and O–H groups in total. The molecule has 2 aromatic heterocycles. The molecular formula is C19H20N2O2S2. The highest BCUT2D eigenvalue weighted by Crippen LogP contribution is 2.27. The second-order valence-electron chi connectivity index (χ2n) is 5.89. The summed E-state index contributed by atoms with van der Waals surface area (Å²) in [5.74, 6) is 0.819. The van der Waals surface area contributed by atoms with E-state index in [1.54, 1.807) is 22.7 Å². The van der Waals surface area contributed by atoms with Gasteiger partial charge in [0.1, 0.15) is 10.8 Å². The van der Waals surface area contributed by atoms with Gasteiger partial charge >= 0.3 is 0 Å². The van der Waals surface area contributed by atoms with Crippen molar-refractivity contribution in [2.75, 3.05) is 0 Å². The van der Waals surface area contributed by atoms with Crippen LogP contribution < -0.4 is 10.1 Å². The van der Waals surface area contributed by atoms with Gasteiger partial charge in [0.15, 0.2) is 0 Å². The Morgan fingerprint density at radius 2 is 2.00 bits per heavy atom. The second-order valence-corrected chi connectivity index (χ2v) is 7.69. The van der Waals surface area contributed by atoms with Crippen LogP contribution in [0.1, 0.15) is 25.1 Å². The molecule has 3 aromatic rings. The molecule has 2 heterocycles. The molecule has 6 heteroatoms. The lowest BCUT2D eigenvalue weighted by atomic mass is 10.2. The maximum Gasteiger partial charge on any atom is 0.226 e. The highest BCUT2D eigenvalue weighted by molar-refractivity contribution is 7.20. The minimum absolute atomic E-state index is 0.0227. The van der Waals surface area contributed by atoms with Gasteiger partial charge in [0.05, 0.1) is 23.1 Å². The van der Waals surface area contributed by atoms with Crippen molar-refractivity contribution in [2.24, 2.45) is 0 Å². The van der Waals surface area contributed by atoms with E-state index in [0.717, 1.165) is 26.9 Å². The number of ether oxygens (including phenoxy) is 1. The van der Waals surface area contributed by atoms with Crippen molar-refractivity contribution in [3.05, 3.63) is 58.4 Å². The van der Waals surface area contributed by atoms with Crippen LogP contribution in [0.2, 0.25) is 0 Å². The average molecular weight is 373 g/mol. The summed E-state index contributed by atoms with van der Waals surface area (Å²) in [4.78, 5) is 17.8. The normalized spacial score (nSPS) is 10.8. The van der Waals surface area contributed by atoms with Crippen LogP contribution in [0.3, 0.4) is 0 Å². The fourth-order valence-corrected chi connectivity index (χ4v) is 3.92. The van der Waals surface area contributed by atoms with Crippen molar-refractivity contribution in [1.29, 1.82) is 0 Å². The first-order chi connectivity index (χ1) is 12.1. The number of carbonyl (C=O) groups is 1. The third-order valence-electron chi connectivity index (χ3n) is 3.41. The minimum Gasteiger partial charge on any atom is -0.491 e. The van der Waals surface area contributed by atoms with Gasteiger partial charge in [-0.25, -0.2) is 4.98 Å². The van der Waals surface area contributed by atoms with Gasteiger partial charge in [-0.2, -0.15) is 0 Å². The molecule has 0 saturated carbocycles. The zero-order chi connectivity index (χ0) is 17.6. The molecule has 0 atom stereocenters. The predicted octanol–water partition coefficient (Wildman–Crippen LogP) is 4.52. The summed E-state index contributed by atoms with van der Waals surface area (Å²) in [5.41, 5.74) is 1.86. The largest absolute Gasteiger partial charge is 0.491 e. The lowest BCUT2D eigenvalue weighted by Gasteiger charge is -2.10. The lowest BCUT2D eigenvalue weighted by Crippen LogP contribution is -2.24. The van der Waals surface area contributed by atoms with E-state index >= 15 is 0 Å². The summed E-state index contributed by atoms with van der Waals surface area (Å²) >= 11 is 3.23. The molecule has 25 heavy (non-hydrogen) atoms. The number of hydrogen-bond acceptors (Lipinski definition) is 5. The molecule has 0 aliphatic rings. The summed E-state index contributed by atoms with van der Waals surface area (Å²) in [6.45, 7) is 4.50. The Morgan fingerprint density at radius 3 is 2.68 bits per heavy atom. The highest BCUT2D eigenvalue weighted by Gasteiger charge is 2.09. The predicted molar refractivity (Wildman–Crippen MR) is 103 cm³/mol. The van der Waals surface area contributed by atoms with Gasteiger partial charge in [-0.1, -0.05) is 18.2 Å². The number of thiazole rings is 1. The molecule has 0 radical (unpaired) electrons. The molecule has 0 bridgehead atoms. The summed E-state index contributed by atoms with van der Waals surface area (Å²) in [6.07, 6.45) is 0.457. The van der Waals surface area contributed by atoms with Crippen LogP contribution in [-0.4, -0.2) is 17.0 Å². The van der Waals surface area contributed by atoms with Crippen molar-refractivity contribution < 1.29 is 9.53 Å². The zero-order valence-corrected chi connectivity index (χ0v) is 15.8. The van der Waals surface area contributed by atoms with Crippen LogP contribution in [0.4, 0.5) is 0 Å². The molecule has 3 rings (SSSR count). The number of amides is 1. The summed E-state index contributed by atoms with van der Waals surface area (Å²) in [7, 11) is 0. The molecule has 0 aliphatic carbocycles. The number of rotatable bonds is 7. The van der Waals surface area contributed by atoms with Crippen LogP contribution in [0, 0.1) is 0 Å². The molecule has 0 saturated heterocycles. The van der Waals surface area contributed by atoms with Gasteiger partial charge in [0, 0.05) is 11.9 Å². The van der Waals surface area contributed by atoms with Crippen molar-refractivity contribution in [1.82, 2.24) is 10.3 Å². The Labute approximate surface area is 155 Å². The summed E-state index contributed by atoms with van der Waals surface area (Å²) < 4.78 is 5.61. The summed E-state index contributed by atoms with van der Waals surface area (Å²) in [6, 6.07) is 11.8. The second kappa shape index (κ2) is 8.27. The van der Waals surface area contributed by atoms with Gasteiger partial charge in [-0.3, -0.25) is 4.79 Å². The Bertz CT molecular complexity index is 808. The smallest absolute Gasteiger partial charge is 0.226 e. The molecule has 0 unspecified atom stereocenters. The van der Waals surface area contributed by atoms with E-state index in [-0.39, 0.29) is 12.0 Å². The molecule has 130 valence electrons. The molecule has 4 nitrogen and oxygen atoms in total. The zero-order valence-electron chi connectivity index (χ0n) is 14.2. The third-order valence-corrected chi connectivity index (χ3v) is 5.34. The van der Waals surface area contributed by atoms with Crippen LogP contribution in [0.25, 0.3) is 9.88 Å². The van der Waals surface area contributed by atoms with Gasteiger partial charge in [-0.05, 0) is 43.0 Å². The Hall–Kier alpha value is -2.18. The van der Waals surface area contributed by atoms with Crippen LogP contribution in [-0.2, 0) is 17.8 Å². The maximum absolute atomic E-state index is 12.1. The molecule has 0 aliphatic heterocycles. The Morgan fingerprint density at radius 1 is 1.20 bits per heavy atom. The first-order valence-corrected chi connectivity index (χ1v) is 9.86. The van der Waals surface area contributed by atoms with Crippen molar-refractivity contribution >= 4 is 28.6 Å². The fraction of sp³-hybridized carbons (Fsp3) is 0.263. The van der Waals surface area contributed by atoms with Crippen LogP contribution in [0.5, 0.6) is 5.75 Å². The van der Waals surface area contributed by atoms with Crippen molar-refractivity contribution in [2.45, 2.75) is 32.9 Å². The standard InChI is InChI=1S/C19H20N2O2S2/c1-13(2)23-16-7-5-14(6-8-16)11-20-18(22)10-15-12-25-19(21-15)17-4-3-9-24-17/h3-9,12-13H,10-11H2,1-2H3,(H,20,22). The van der Waals surface area contributed by atoms with E-state index in [0.29, 0.717) is 13.0 Å². The van der Waals surface area contributed by atoms with Crippen molar-refractivity contribution in [3.63, 3.8) is 0 Å². The van der Waals surface area contributed by atoms with E-state index in [2.05, 4.69) is 10.3 Å². The fourth-order valence-electron chi connectivity index (χ4n) is 2.29. The first-order valence-electron chi connectivity index (χ1n) is 8.11. The number of hydrogen-bond donors (Lipinski definition) is 1. The molecule has 1 amide bonds. The number of thiophene rings is 1. The van der Waals surface area contributed by atoms with E-state index < -0.39 is 0 Å². The van der Waals surface area contributed by atoms with Crippen LogP contribution >= 0.6 is 22.7 Å². The molecule has 1 aromatic carbocycles. The van der Waals surface area contributed by atoms with Gasteiger partial charge in [0.25, 0.3) is 0 Å². The number of aromatic nitrogens is 1. The van der Waals surface area contributed by atoms with Crippen molar-refractivity contribution in [3.8, 4) is 15.6 Å². The van der Waals surface area contributed by atoms with E-state index in [1.807, 2.05) is 61.0 Å². The SMILES string of the molecule is CC(C)Oc1ccc(CNC(=O)Cc2csc(-c3cccs3)n2)cc1. The quantitative estimate of drug-likeness (QED) is 0.663. The average Bonchev–Trinajstić information content (AvgIpc) is 3.25. The molecular weight excluding hydrogens is 352 g/mol. The van der Waals surface area contributed by atoms with E-state index in [4.69, 9.17) is 4.74 Å². The number of benzene rings is 1. The lowest BCUT2D eigenvalue weighted by molar-refractivity contribution is -0.120. The monoisotopic (exact) mass is 372 g/mol. The van der Waals surface area contributed by atoms with E-state index in [9.17, 15) is 4.79 Å². The highest BCUT2D eigenvalue weighted by atomic mass is 32.1. The summed E-state index contributed by atoms with van der Waals surface area (Å²) in [5, 5.41) is 7.89. The maximum atomic E-state index is 12.1. The Kier molecular flexibility index (Phi) is 5.83. The Balaban J connectivity index is 1.49. The van der Waals surface area contributed by atoms with Crippen LogP contribution in [0.15, 0.2) is 47.2 Å². The van der Waals surface area contributed by atoms with Gasteiger partial charge in [0.2, 0.25) is 5.91 Å². The van der Waals surface area contributed by atoms with Gasteiger partial charge < -0.3 is 10.1 Å². The first kappa shape index (κ1) is 17.6. The van der Waals surface area contributed by atoms with E-state index in [1.165, 1.54) is 0 Å². The minimum atomic E-state index is -0.0227. The number of nitrogens with one attached hydrogen (secondary N) is 1. The molecule has 0 spiro atoms. The topological polar surface area (TPSA) is 51.2 Å². The number of nitrogens with zero attached hydrogens (tertiary/aromatic N) is 1. The van der Waals surface area contributed by atoms with Gasteiger partial charge in [-0.15, -0.1) is 22.7 Å². The number of carbonyl (C=O) groups excluding carboxylic acids is 1. The third kappa shape index (κ3) is 5.14.